The summed E-state index contributed by atoms with van der Waals surface area (Å²) in [5.41, 5.74) is 11.3. The number of hydrogen-bond acceptors (Lipinski definition) is 7. The normalized spacial score (nSPS) is 15.2. The number of rotatable bonds is 14. The molecule has 0 heterocycles. The van der Waals surface area contributed by atoms with E-state index in [-0.39, 0.29) is 6.42 Å². The summed E-state index contributed by atoms with van der Waals surface area (Å²) in [6.07, 6.45) is 0.0508. The van der Waals surface area contributed by atoms with Crippen LogP contribution in [0, 0.1) is 5.92 Å². The van der Waals surface area contributed by atoms with Gasteiger partial charge in [0.25, 0.3) is 0 Å². The predicted octanol–water partition coefficient (Wildman–Crippen LogP) is -1.99. The summed E-state index contributed by atoms with van der Waals surface area (Å²) in [5.74, 6) is -4.92. The molecule has 1 rings (SSSR count). The number of benzene rings is 1. The molecule has 5 unspecified atom stereocenters. The van der Waals surface area contributed by atoms with Gasteiger partial charge in [0, 0.05) is 6.42 Å². The summed E-state index contributed by atoms with van der Waals surface area (Å²) < 4.78 is 0. The van der Waals surface area contributed by atoms with E-state index in [1.807, 2.05) is 0 Å². The molecule has 5 atom stereocenters. The van der Waals surface area contributed by atoms with Crippen molar-refractivity contribution < 1.29 is 34.2 Å². The van der Waals surface area contributed by atoms with Crippen LogP contribution in [0.5, 0.6) is 0 Å². The van der Waals surface area contributed by atoms with Crippen molar-refractivity contribution in [3.8, 4) is 0 Å². The third kappa shape index (κ3) is 9.16. The summed E-state index contributed by atoms with van der Waals surface area (Å²) in [6.45, 7) is 2.65. The second kappa shape index (κ2) is 13.9. The minimum atomic E-state index is -1.46. The number of aliphatic hydroxyl groups excluding tert-OH is 1. The zero-order chi connectivity index (χ0) is 25.8. The summed E-state index contributed by atoms with van der Waals surface area (Å²) in [7, 11) is 0. The average Bonchev–Trinajstić information content (AvgIpc) is 2.79. The van der Waals surface area contributed by atoms with Gasteiger partial charge in [-0.15, -0.1) is 0 Å². The molecule has 0 saturated heterocycles. The Morgan fingerprint density at radius 3 is 2.03 bits per heavy atom. The third-order valence-electron chi connectivity index (χ3n) is 5.26. The third-order valence-corrected chi connectivity index (χ3v) is 5.26. The van der Waals surface area contributed by atoms with Crippen LogP contribution in [0.1, 0.15) is 32.3 Å². The van der Waals surface area contributed by atoms with E-state index in [4.69, 9.17) is 11.5 Å². The zero-order valence-electron chi connectivity index (χ0n) is 19.2. The summed E-state index contributed by atoms with van der Waals surface area (Å²) >= 11 is 0. The van der Waals surface area contributed by atoms with E-state index in [2.05, 4.69) is 16.0 Å². The van der Waals surface area contributed by atoms with Crippen LogP contribution >= 0.6 is 0 Å². The first-order chi connectivity index (χ1) is 16.0. The van der Waals surface area contributed by atoms with Crippen LogP contribution in [0.2, 0.25) is 0 Å². The summed E-state index contributed by atoms with van der Waals surface area (Å²) in [6, 6.07) is 3.48. The van der Waals surface area contributed by atoms with E-state index in [0.717, 1.165) is 0 Å². The highest BCUT2D eigenvalue weighted by Gasteiger charge is 2.32. The lowest BCUT2D eigenvalue weighted by Gasteiger charge is -2.27. The molecule has 9 N–H and O–H groups in total. The molecule has 0 bridgehead atoms. The van der Waals surface area contributed by atoms with Crippen LogP contribution < -0.4 is 27.4 Å². The smallest absolute Gasteiger partial charge is 0.326 e. The summed E-state index contributed by atoms with van der Waals surface area (Å²) in [4.78, 5) is 60.4. The van der Waals surface area contributed by atoms with Crippen LogP contribution in [-0.4, -0.2) is 70.6 Å². The Balaban J connectivity index is 2.89. The van der Waals surface area contributed by atoms with Gasteiger partial charge in [0.1, 0.15) is 18.1 Å². The molecule has 0 aromatic heterocycles. The lowest BCUT2D eigenvalue weighted by molar-refractivity contribution is -0.142. The van der Waals surface area contributed by atoms with Gasteiger partial charge in [-0.3, -0.25) is 19.2 Å². The molecule has 12 nitrogen and oxygen atoms in total. The van der Waals surface area contributed by atoms with E-state index in [1.165, 1.54) is 0 Å². The van der Waals surface area contributed by atoms with Gasteiger partial charge in [0.2, 0.25) is 23.6 Å². The summed E-state index contributed by atoms with van der Waals surface area (Å²) in [5, 5.41) is 26.2. The van der Waals surface area contributed by atoms with Gasteiger partial charge in [-0.25, -0.2) is 4.79 Å². The van der Waals surface area contributed by atoms with Gasteiger partial charge in [-0.1, -0.05) is 50.6 Å². The fourth-order valence-electron chi connectivity index (χ4n) is 3.05. The van der Waals surface area contributed by atoms with Gasteiger partial charge >= 0.3 is 5.97 Å². The molecule has 34 heavy (non-hydrogen) atoms. The van der Waals surface area contributed by atoms with Crippen molar-refractivity contribution >= 4 is 29.6 Å². The second-order valence-corrected chi connectivity index (χ2v) is 7.98. The van der Waals surface area contributed by atoms with Gasteiger partial charge in [-0.2, -0.15) is 0 Å². The fourth-order valence-corrected chi connectivity index (χ4v) is 3.05. The maximum Gasteiger partial charge on any atom is 0.326 e. The number of aliphatic carboxylic acids is 1. The number of primary amides is 1. The highest BCUT2D eigenvalue weighted by molar-refractivity contribution is 5.95. The maximum atomic E-state index is 12.8. The van der Waals surface area contributed by atoms with Crippen LogP contribution in [-0.2, 0) is 30.4 Å². The van der Waals surface area contributed by atoms with Gasteiger partial charge in [0.15, 0.2) is 0 Å². The number of amides is 4. The fraction of sp³-hybridized carbons (Fsp3) is 0.500. The van der Waals surface area contributed by atoms with Crippen molar-refractivity contribution in [2.45, 2.75) is 57.3 Å². The molecule has 0 aliphatic heterocycles. The Morgan fingerprint density at radius 1 is 0.941 bits per heavy atom. The lowest BCUT2D eigenvalue weighted by atomic mass is 9.97. The van der Waals surface area contributed by atoms with E-state index in [9.17, 15) is 34.2 Å². The maximum absolute atomic E-state index is 12.8. The number of carboxylic acid groups (broad SMARTS) is 1. The molecule has 0 spiro atoms. The molecule has 4 amide bonds. The zero-order valence-corrected chi connectivity index (χ0v) is 19.2. The molecule has 0 saturated carbocycles. The molecule has 0 radical (unpaired) electrons. The first-order valence-corrected chi connectivity index (χ1v) is 10.8. The SMILES string of the molecule is CCC(C)C(NC(=O)C(N)CC(N)=O)C(=O)NC(CO)C(=O)NC(Cc1ccccc1)C(=O)O. The van der Waals surface area contributed by atoms with Gasteiger partial charge < -0.3 is 37.6 Å². The van der Waals surface area contributed by atoms with Crippen molar-refractivity contribution in [3.05, 3.63) is 35.9 Å². The Bertz CT molecular complexity index is 864. The van der Waals surface area contributed by atoms with E-state index >= 15 is 0 Å². The van der Waals surface area contributed by atoms with Gasteiger partial charge in [0.05, 0.1) is 19.1 Å². The average molecular weight is 480 g/mol. The van der Waals surface area contributed by atoms with Crippen molar-refractivity contribution in [2.75, 3.05) is 6.61 Å². The predicted molar refractivity (Wildman–Crippen MR) is 122 cm³/mol. The van der Waals surface area contributed by atoms with Crippen LogP contribution in [0.3, 0.4) is 0 Å². The van der Waals surface area contributed by atoms with Crippen molar-refractivity contribution in [1.82, 2.24) is 16.0 Å². The van der Waals surface area contributed by atoms with Gasteiger partial charge in [-0.05, 0) is 11.5 Å². The molecular formula is C22H33N5O7. The van der Waals surface area contributed by atoms with Crippen LogP contribution in [0.25, 0.3) is 0 Å². The Labute approximate surface area is 197 Å². The lowest BCUT2D eigenvalue weighted by Crippen LogP contribution is -2.59. The molecular weight excluding hydrogens is 446 g/mol. The van der Waals surface area contributed by atoms with Crippen LogP contribution in [0.15, 0.2) is 30.3 Å². The molecule has 0 aliphatic carbocycles. The molecule has 1 aromatic rings. The largest absolute Gasteiger partial charge is 0.480 e. The highest BCUT2D eigenvalue weighted by atomic mass is 16.4. The number of carbonyl (C=O) groups is 5. The number of carbonyl (C=O) groups excluding carboxylic acids is 4. The Kier molecular flexibility index (Phi) is 11.7. The first-order valence-electron chi connectivity index (χ1n) is 10.8. The molecule has 12 heteroatoms. The molecule has 0 aliphatic rings. The van der Waals surface area contributed by atoms with Crippen molar-refractivity contribution in [1.29, 1.82) is 0 Å². The molecule has 188 valence electrons. The topological polar surface area (TPSA) is 214 Å². The van der Waals surface area contributed by atoms with E-state index in [0.29, 0.717) is 12.0 Å². The van der Waals surface area contributed by atoms with Crippen molar-refractivity contribution in [2.24, 2.45) is 17.4 Å². The first kappa shape index (κ1) is 28.5. The van der Waals surface area contributed by atoms with Crippen molar-refractivity contribution in [3.63, 3.8) is 0 Å². The second-order valence-electron chi connectivity index (χ2n) is 7.98. The highest BCUT2D eigenvalue weighted by Crippen LogP contribution is 2.09. The Hall–Kier alpha value is -3.51. The monoisotopic (exact) mass is 479 g/mol. The Morgan fingerprint density at radius 2 is 1.53 bits per heavy atom. The standard InChI is InChI=1S/C22H33N5O7/c1-3-12(2)18(27-19(30)14(23)10-17(24)29)21(32)26-16(11-28)20(31)25-15(22(33)34)9-13-7-5-4-6-8-13/h4-8,12,14-16,18,28H,3,9-11,23H2,1-2H3,(H2,24,29)(H,25,31)(H,26,32)(H,27,30)(H,33,34). The number of carboxylic acids is 1. The number of aliphatic hydroxyl groups is 1. The van der Waals surface area contributed by atoms with E-state index < -0.39 is 72.7 Å². The molecule has 1 aromatic carbocycles. The molecule has 0 fully saturated rings. The number of nitrogens with one attached hydrogen (secondary N) is 3. The quantitative estimate of drug-likeness (QED) is 0.158. The minimum absolute atomic E-state index is 0.00267. The van der Waals surface area contributed by atoms with E-state index in [1.54, 1.807) is 44.2 Å². The number of hydrogen-bond donors (Lipinski definition) is 7. The minimum Gasteiger partial charge on any atom is -0.480 e. The van der Waals surface area contributed by atoms with Crippen LogP contribution in [0.4, 0.5) is 0 Å². The number of nitrogens with two attached hydrogens (primary N) is 2.